The Bertz CT molecular complexity index is 2120. The molecule has 1 unspecified atom stereocenters. The second kappa shape index (κ2) is 18.9. The molecule has 0 saturated carbocycles. The third-order valence-electron chi connectivity index (χ3n) is 11.6. The first-order chi connectivity index (χ1) is 30.1. The van der Waals surface area contributed by atoms with Gasteiger partial charge in [-0.05, 0) is 61.1 Å². The van der Waals surface area contributed by atoms with Gasteiger partial charge in [-0.3, -0.25) is 4.79 Å². The molecule has 1 amide bonds. The van der Waals surface area contributed by atoms with Crippen LogP contribution in [0.25, 0.3) is 0 Å². The van der Waals surface area contributed by atoms with Crippen molar-refractivity contribution in [2.24, 2.45) is 0 Å². The van der Waals surface area contributed by atoms with Gasteiger partial charge in [0.25, 0.3) is 0 Å². The lowest BCUT2D eigenvalue weighted by Gasteiger charge is -2.43. The van der Waals surface area contributed by atoms with E-state index < -0.39 is 35.0 Å². The fourth-order valence-corrected chi connectivity index (χ4v) is 9.12. The minimum absolute atomic E-state index is 0.213. The van der Waals surface area contributed by atoms with Crippen LogP contribution >= 0.6 is 0 Å². The molecular formula is C54H57NO7. The number of carbonyl (C=O) groups is 1. The Kier molecular flexibility index (Phi) is 13.2. The molecular weight excluding hydrogens is 775 g/mol. The van der Waals surface area contributed by atoms with Crippen LogP contribution < -0.4 is 5.32 Å². The van der Waals surface area contributed by atoms with Crippen molar-refractivity contribution in [3.8, 4) is 0 Å². The minimum atomic E-state index is -1.04. The largest absolute Gasteiger partial charge is 0.358 e. The van der Waals surface area contributed by atoms with Gasteiger partial charge in [-0.1, -0.05) is 182 Å². The molecule has 0 radical (unpaired) electrons. The summed E-state index contributed by atoms with van der Waals surface area (Å²) in [4.78, 5) is 14.1. The maximum Gasteiger partial charge on any atom is 0.249 e. The summed E-state index contributed by atoms with van der Waals surface area (Å²) in [6, 6.07) is 61.7. The molecule has 4 atom stereocenters. The summed E-state index contributed by atoms with van der Waals surface area (Å²) in [7, 11) is 0. The number of benzene rings is 6. The number of rotatable bonds is 15. The van der Waals surface area contributed by atoms with Crippen molar-refractivity contribution < 1.29 is 33.2 Å². The van der Waals surface area contributed by atoms with Crippen LogP contribution in [0.1, 0.15) is 73.9 Å². The van der Waals surface area contributed by atoms with Crippen molar-refractivity contribution in [1.29, 1.82) is 0 Å². The van der Waals surface area contributed by atoms with E-state index in [1.807, 2.05) is 137 Å². The molecule has 2 saturated heterocycles. The van der Waals surface area contributed by atoms with Gasteiger partial charge in [-0.15, -0.1) is 0 Å². The molecule has 2 aliphatic heterocycles. The summed E-state index contributed by atoms with van der Waals surface area (Å²) in [6.45, 7) is 8.26. The van der Waals surface area contributed by atoms with E-state index in [9.17, 15) is 4.79 Å². The number of hydrogen-bond donors (Lipinski definition) is 1. The average molecular weight is 832 g/mol. The lowest BCUT2D eigenvalue weighted by molar-refractivity contribution is -0.308. The first-order valence-corrected chi connectivity index (χ1v) is 21.7. The predicted molar refractivity (Wildman–Crippen MR) is 240 cm³/mol. The van der Waals surface area contributed by atoms with Crippen molar-refractivity contribution >= 4 is 5.91 Å². The monoisotopic (exact) mass is 831 g/mol. The zero-order chi connectivity index (χ0) is 43.0. The highest BCUT2D eigenvalue weighted by atomic mass is 16.7. The average Bonchev–Trinajstić information content (AvgIpc) is 3.30. The summed E-state index contributed by atoms with van der Waals surface area (Å²) in [5.74, 6) is -2.19. The summed E-state index contributed by atoms with van der Waals surface area (Å²) < 4.78 is 39.9. The molecule has 0 spiro atoms. The molecule has 0 bridgehead atoms. The van der Waals surface area contributed by atoms with Gasteiger partial charge in [0, 0.05) is 19.4 Å². The highest BCUT2D eigenvalue weighted by Gasteiger charge is 2.44. The van der Waals surface area contributed by atoms with Gasteiger partial charge in [0.05, 0.1) is 31.5 Å². The Morgan fingerprint density at radius 3 is 1.10 bits per heavy atom. The van der Waals surface area contributed by atoms with Crippen LogP contribution in [0.2, 0.25) is 0 Å². The standard InChI is InChI=1S/C54H57NO7/c1-51(2)59-46(35-47(60-51)38-57-53(40-23-11-5-12-24-40,41-25-13-6-14-26-41)42-27-15-7-16-28-42)37-55-50(56)49-36-48(61-52(3,4)62-49)39-58-54(43-29-17-8-18-30-43,44-31-19-9-20-32-44)45-33-21-10-22-34-45/h5-34,46-49H,35-39H2,1-4H3,(H,55,56)/t46?,47-,48-,49+/m0/s1. The molecule has 8 rings (SSSR count). The van der Waals surface area contributed by atoms with E-state index >= 15 is 0 Å². The molecule has 2 aliphatic rings. The molecule has 2 heterocycles. The Morgan fingerprint density at radius 2 is 0.758 bits per heavy atom. The molecule has 1 N–H and O–H groups in total. The van der Waals surface area contributed by atoms with Crippen LogP contribution in [0.5, 0.6) is 0 Å². The number of carbonyl (C=O) groups excluding carboxylic acids is 1. The van der Waals surface area contributed by atoms with Gasteiger partial charge in [0.1, 0.15) is 17.3 Å². The third-order valence-corrected chi connectivity index (χ3v) is 11.6. The Labute approximate surface area is 366 Å². The van der Waals surface area contributed by atoms with Crippen molar-refractivity contribution in [3.05, 3.63) is 215 Å². The fourth-order valence-electron chi connectivity index (χ4n) is 9.12. The first-order valence-electron chi connectivity index (χ1n) is 21.7. The maximum absolute atomic E-state index is 14.1. The summed E-state index contributed by atoms with van der Waals surface area (Å²) in [6.07, 6.45) is -1.07. The highest BCUT2D eigenvalue weighted by molar-refractivity contribution is 5.81. The fraction of sp³-hybridized carbons (Fsp3) is 0.315. The second-order valence-corrected chi connectivity index (χ2v) is 17.0. The Morgan fingerprint density at radius 1 is 0.468 bits per heavy atom. The smallest absolute Gasteiger partial charge is 0.249 e. The molecule has 0 aromatic heterocycles. The zero-order valence-corrected chi connectivity index (χ0v) is 36.0. The van der Waals surface area contributed by atoms with Crippen molar-refractivity contribution in [3.63, 3.8) is 0 Å². The Balaban J connectivity index is 0.966. The number of hydrogen-bond acceptors (Lipinski definition) is 7. The number of nitrogens with one attached hydrogen (secondary N) is 1. The first kappa shape index (κ1) is 43.2. The molecule has 320 valence electrons. The van der Waals surface area contributed by atoms with Gasteiger partial charge < -0.3 is 33.7 Å². The maximum atomic E-state index is 14.1. The predicted octanol–water partition coefficient (Wildman–Crippen LogP) is 9.94. The van der Waals surface area contributed by atoms with E-state index in [0.717, 1.165) is 33.4 Å². The summed E-state index contributed by atoms with van der Waals surface area (Å²) in [5.41, 5.74) is 4.20. The SMILES string of the molecule is CC1(C)OC(CNC(=O)[C@H]2C[C@@H](COC(c3ccccc3)(c3ccccc3)c3ccccc3)OC(C)(C)O2)C[C@@H](COC(c2ccccc2)(c2ccccc2)c2ccccc2)O1. The van der Waals surface area contributed by atoms with Crippen LogP contribution in [-0.2, 0) is 44.4 Å². The lowest BCUT2D eigenvalue weighted by atomic mass is 9.80. The topological polar surface area (TPSA) is 84.5 Å². The van der Waals surface area contributed by atoms with Gasteiger partial charge in [0.15, 0.2) is 11.6 Å². The second-order valence-electron chi connectivity index (χ2n) is 17.0. The van der Waals surface area contributed by atoms with Crippen LogP contribution in [0.15, 0.2) is 182 Å². The van der Waals surface area contributed by atoms with Gasteiger partial charge in [0.2, 0.25) is 5.91 Å². The zero-order valence-electron chi connectivity index (χ0n) is 36.0. The lowest BCUT2D eigenvalue weighted by Crippen LogP contribution is -2.54. The molecule has 2 fully saturated rings. The van der Waals surface area contributed by atoms with Gasteiger partial charge >= 0.3 is 0 Å². The van der Waals surface area contributed by atoms with Crippen LogP contribution in [0.3, 0.4) is 0 Å². The Hall–Kier alpha value is -5.45. The number of ether oxygens (including phenoxy) is 6. The normalized spacial score (nSPS) is 21.2. The van der Waals surface area contributed by atoms with E-state index in [2.05, 4.69) is 78.1 Å². The summed E-state index contributed by atoms with van der Waals surface area (Å²) in [5, 5.41) is 3.16. The van der Waals surface area contributed by atoms with Crippen molar-refractivity contribution in [2.45, 2.75) is 87.7 Å². The summed E-state index contributed by atoms with van der Waals surface area (Å²) >= 11 is 0. The van der Waals surface area contributed by atoms with Crippen molar-refractivity contribution in [2.75, 3.05) is 19.8 Å². The molecule has 8 nitrogen and oxygen atoms in total. The third kappa shape index (κ3) is 9.62. The van der Waals surface area contributed by atoms with E-state index in [4.69, 9.17) is 28.4 Å². The van der Waals surface area contributed by atoms with Gasteiger partial charge in [-0.2, -0.15) is 0 Å². The van der Waals surface area contributed by atoms with Crippen LogP contribution in [0.4, 0.5) is 0 Å². The van der Waals surface area contributed by atoms with Crippen LogP contribution in [-0.4, -0.2) is 61.7 Å². The highest BCUT2D eigenvalue weighted by Crippen LogP contribution is 2.43. The molecule has 6 aromatic rings. The van der Waals surface area contributed by atoms with Crippen molar-refractivity contribution in [1.82, 2.24) is 5.32 Å². The van der Waals surface area contributed by atoms with E-state index in [1.54, 1.807) is 0 Å². The molecule has 6 aromatic carbocycles. The molecule has 62 heavy (non-hydrogen) atoms. The minimum Gasteiger partial charge on any atom is -0.358 e. The van der Waals surface area contributed by atoms with E-state index in [0.29, 0.717) is 12.8 Å². The molecule has 0 aliphatic carbocycles. The van der Waals surface area contributed by atoms with E-state index in [-0.39, 0.29) is 37.9 Å². The number of amides is 1. The van der Waals surface area contributed by atoms with Gasteiger partial charge in [-0.25, -0.2) is 0 Å². The molecule has 8 heteroatoms. The van der Waals surface area contributed by atoms with Crippen LogP contribution in [0, 0.1) is 0 Å². The van der Waals surface area contributed by atoms with E-state index in [1.165, 1.54) is 0 Å². The quantitative estimate of drug-likeness (QED) is 0.103.